The molecular formula is C13H18N2O3. The topological polar surface area (TPSA) is 64.8 Å². The van der Waals surface area contributed by atoms with Crippen LogP contribution < -0.4 is 10.5 Å². The minimum atomic E-state index is -0.263. The van der Waals surface area contributed by atoms with Gasteiger partial charge in [0.05, 0.1) is 13.2 Å². The Bertz CT molecular complexity index is 405. The van der Waals surface area contributed by atoms with Crippen LogP contribution in [0.15, 0.2) is 24.3 Å². The SMILES string of the molecule is CCOC(=O)N1CCC(Oc2ccc(N)cc2)C1. The van der Waals surface area contributed by atoms with Crippen molar-refractivity contribution in [3.8, 4) is 5.75 Å². The van der Waals surface area contributed by atoms with Crippen molar-refractivity contribution in [1.82, 2.24) is 4.90 Å². The molecule has 1 aromatic carbocycles. The van der Waals surface area contributed by atoms with E-state index in [2.05, 4.69) is 0 Å². The molecule has 1 amide bonds. The molecule has 5 nitrogen and oxygen atoms in total. The zero-order valence-electron chi connectivity index (χ0n) is 10.5. The fourth-order valence-corrected chi connectivity index (χ4v) is 1.94. The number of likely N-dealkylation sites (tertiary alicyclic amines) is 1. The van der Waals surface area contributed by atoms with E-state index in [9.17, 15) is 4.79 Å². The maximum Gasteiger partial charge on any atom is 0.409 e. The summed E-state index contributed by atoms with van der Waals surface area (Å²) in [5, 5.41) is 0. The van der Waals surface area contributed by atoms with Crippen molar-refractivity contribution < 1.29 is 14.3 Å². The van der Waals surface area contributed by atoms with Gasteiger partial charge in [-0.3, -0.25) is 0 Å². The second-order valence-corrected chi connectivity index (χ2v) is 4.24. The lowest BCUT2D eigenvalue weighted by Gasteiger charge is -2.16. The molecule has 18 heavy (non-hydrogen) atoms. The lowest BCUT2D eigenvalue weighted by molar-refractivity contribution is 0.110. The predicted octanol–water partition coefficient (Wildman–Crippen LogP) is 1.88. The highest BCUT2D eigenvalue weighted by Crippen LogP contribution is 2.20. The molecule has 0 radical (unpaired) electrons. The van der Waals surface area contributed by atoms with Gasteiger partial charge in [-0.15, -0.1) is 0 Å². The van der Waals surface area contributed by atoms with Crippen molar-refractivity contribution in [2.45, 2.75) is 19.4 Å². The summed E-state index contributed by atoms with van der Waals surface area (Å²) >= 11 is 0. The van der Waals surface area contributed by atoms with Crippen LogP contribution >= 0.6 is 0 Å². The largest absolute Gasteiger partial charge is 0.489 e. The van der Waals surface area contributed by atoms with Crippen LogP contribution in [-0.4, -0.2) is 36.8 Å². The van der Waals surface area contributed by atoms with E-state index >= 15 is 0 Å². The average molecular weight is 250 g/mol. The molecule has 1 fully saturated rings. The molecule has 1 aromatic rings. The number of benzene rings is 1. The Morgan fingerprint density at radius 3 is 2.83 bits per heavy atom. The Kier molecular flexibility index (Phi) is 3.92. The van der Waals surface area contributed by atoms with Gasteiger partial charge in [0, 0.05) is 18.7 Å². The van der Waals surface area contributed by atoms with Gasteiger partial charge in [0.15, 0.2) is 0 Å². The summed E-state index contributed by atoms with van der Waals surface area (Å²) in [6.45, 7) is 3.46. The van der Waals surface area contributed by atoms with E-state index in [1.165, 1.54) is 0 Å². The number of anilines is 1. The Morgan fingerprint density at radius 2 is 2.17 bits per heavy atom. The second-order valence-electron chi connectivity index (χ2n) is 4.24. The van der Waals surface area contributed by atoms with Crippen LogP contribution in [0.1, 0.15) is 13.3 Å². The van der Waals surface area contributed by atoms with Crippen molar-refractivity contribution in [2.24, 2.45) is 0 Å². The molecule has 98 valence electrons. The summed E-state index contributed by atoms with van der Waals surface area (Å²) in [6.07, 6.45) is 0.586. The molecule has 5 heteroatoms. The third-order valence-electron chi connectivity index (χ3n) is 2.85. The maximum atomic E-state index is 11.5. The molecule has 0 bridgehead atoms. The number of nitrogen functional groups attached to an aromatic ring is 1. The quantitative estimate of drug-likeness (QED) is 0.832. The first-order chi connectivity index (χ1) is 8.69. The minimum absolute atomic E-state index is 0.0260. The summed E-state index contributed by atoms with van der Waals surface area (Å²) in [5.41, 5.74) is 6.32. The Morgan fingerprint density at radius 1 is 1.44 bits per heavy atom. The van der Waals surface area contributed by atoms with Crippen molar-refractivity contribution in [3.05, 3.63) is 24.3 Å². The first-order valence-electron chi connectivity index (χ1n) is 6.13. The minimum Gasteiger partial charge on any atom is -0.489 e. The Labute approximate surface area is 106 Å². The summed E-state index contributed by atoms with van der Waals surface area (Å²) in [6, 6.07) is 7.27. The third-order valence-corrected chi connectivity index (χ3v) is 2.85. The molecule has 1 atom stereocenters. The normalized spacial score (nSPS) is 18.7. The van der Waals surface area contributed by atoms with E-state index in [0.717, 1.165) is 12.2 Å². The van der Waals surface area contributed by atoms with Crippen molar-refractivity contribution in [1.29, 1.82) is 0 Å². The number of carbonyl (C=O) groups is 1. The summed E-state index contributed by atoms with van der Waals surface area (Å²) < 4.78 is 10.7. The molecule has 0 aromatic heterocycles. The zero-order chi connectivity index (χ0) is 13.0. The van der Waals surface area contributed by atoms with Gasteiger partial charge in [-0.25, -0.2) is 4.79 Å². The molecule has 0 spiro atoms. The number of hydrogen-bond acceptors (Lipinski definition) is 4. The summed E-state index contributed by atoms with van der Waals surface area (Å²) in [5.74, 6) is 0.778. The maximum absolute atomic E-state index is 11.5. The summed E-state index contributed by atoms with van der Waals surface area (Å²) in [4.78, 5) is 13.2. The molecule has 1 aliphatic rings. The first-order valence-corrected chi connectivity index (χ1v) is 6.13. The molecular weight excluding hydrogens is 232 g/mol. The molecule has 1 unspecified atom stereocenters. The number of nitrogens with zero attached hydrogens (tertiary/aromatic N) is 1. The Balaban J connectivity index is 1.86. The highest BCUT2D eigenvalue weighted by molar-refractivity contribution is 5.68. The van der Waals surface area contributed by atoms with Gasteiger partial charge in [-0.1, -0.05) is 0 Å². The van der Waals surface area contributed by atoms with Gasteiger partial charge in [0.1, 0.15) is 11.9 Å². The number of hydrogen-bond donors (Lipinski definition) is 1. The number of nitrogens with two attached hydrogens (primary N) is 1. The second kappa shape index (κ2) is 5.62. The van der Waals surface area contributed by atoms with Crippen LogP contribution in [0, 0.1) is 0 Å². The number of carbonyl (C=O) groups excluding carboxylic acids is 1. The average Bonchev–Trinajstić information content (AvgIpc) is 2.81. The van der Waals surface area contributed by atoms with Gasteiger partial charge >= 0.3 is 6.09 Å². The van der Waals surface area contributed by atoms with Crippen LogP contribution in [-0.2, 0) is 4.74 Å². The molecule has 1 saturated heterocycles. The standard InChI is InChI=1S/C13H18N2O3/c1-2-17-13(16)15-8-7-12(9-15)18-11-5-3-10(14)4-6-11/h3-6,12H,2,7-9,14H2,1H3. The van der Waals surface area contributed by atoms with Crippen molar-refractivity contribution in [3.63, 3.8) is 0 Å². The Hall–Kier alpha value is -1.91. The smallest absolute Gasteiger partial charge is 0.409 e. The molecule has 1 aliphatic heterocycles. The first kappa shape index (κ1) is 12.5. The van der Waals surface area contributed by atoms with Gasteiger partial charge in [0.2, 0.25) is 0 Å². The van der Waals surface area contributed by atoms with Gasteiger partial charge in [0.25, 0.3) is 0 Å². The molecule has 1 heterocycles. The van der Waals surface area contributed by atoms with E-state index in [-0.39, 0.29) is 12.2 Å². The number of amides is 1. The summed E-state index contributed by atoms with van der Waals surface area (Å²) in [7, 11) is 0. The van der Waals surface area contributed by atoms with E-state index in [1.807, 2.05) is 12.1 Å². The highest BCUT2D eigenvalue weighted by Gasteiger charge is 2.28. The van der Waals surface area contributed by atoms with Crippen LogP contribution in [0.4, 0.5) is 10.5 Å². The van der Waals surface area contributed by atoms with Crippen LogP contribution in [0.2, 0.25) is 0 Å². The van der Waals surface area contributed by atoms with Crippen molar-refractivity contribution >= 4 is 11.8 Å². The third kappa shape index (κ3) is 3.06. The fraction of sp³-hybridized carbons (Fsp3) is 0.462. The van der Waals surface area contributed by atoms with Gasteiger partial charge in [-0.2, -0.15) is 0 Å². The molecule has 0 saturated carbocycles. The molecule has 2 rings (SSSR count). The highest BCUT2D eigenvalue weighted by atomic mass is 16.6. The van der Waals surface area contributed by atoms with Crippen LogP contribution in [0.3, 0.4) is 0 Å². The zero-order valence-corrected chi connectivity index (χ0v) is 10.5. The van der Waals surface area contributed by atoms with E-state index in [4.69, 9.17) is 15.2 Å². The lowest BCUT2D eigenvalue weighted by Crippen LogP contribution is -2.31. The van der Waals surface area contributed by atoms with Gasteiger partial charge in [-0.05, 0) is 31.2 Å². The van der Waals surface area contributed by atoms with Crippen LogP contribution in [0.5, 0.6) is 5.75 Å². The van der Waals surface area contributed by atoms with Gasteiger partial charge < -0.3 is 20.1 Å². The molecule has 0 aliphatic carbocycles. The number of ether oxygens (including phenoxy) is 2. The van der Waals surface area contributed by atoms with Crippen LogP contribution in [0.25, 0.3) is 0 Å². The van der Waals surface area contributed by atoms with Crippen molar-refractivity contribution in [2.75, 3.05) is 25.4 Å². The monoisotopic (exact) mass is 250 g/mol. The lowest BCUT2D eigenvalue weighted by atomic mass is 10.3. The van der Waals surface area contributed by atoms with E-state index in [0.29, 0.717) is 25.4 Å². The molecule has 2 N–H and O–H groups in total. The van der Waals surface area contributed by atoms with E-state index < -0.39 is 0 Å². The fourth-order valence-electron chi connectivity index (χ4n) is 1.94. The predicted molar refractivity (Wildman–Crippen MR) is 68.5 cm³/mol. The number of rotatable bonds is 3. The van der Waals surface area contributed by atoms with E-state index in [1.54, 1.807) is 24.0 Å².